The quantitative estimate of drug-likeness (QED) is 0.476. The predicted octanol–water partition coefficient (Wildman–Crippen LogP) is 4.72. The molecule has 0 unspecified atom stereocenters. The summed E-state index contributed by atoms with van der Waals surface area (Å²) in [6, 6.07) is 7.70. The van der Waals surface area contributed by atoms with Crippen LogP contribution in [0.5, 0.6) is 0 Å². The van der Waals surface area contributed by atoms with Gasteiger partial charge in [0.15, 0.2) is 0 Å². The number of hydrogen-bond donors (Lipinski definition) is 1. The van der Waals surface area contributed by atoms with Crippen molar-refractivity contribution < 1.29 is 4.79 Å². The molecule has 1 N–H and O–H groups in total. The van der Waals surface area contributed by atoms with E-state index >= 15 is 0 Å². The molecular formula is C19H20ClN3OS2. The highest BCUT2D eigenvalue weighted by Gasteiger charge is 2.15. The lowest BCUT2D eigenvalue weighted by atomic mass is 10.1. The second kappa shape index (κ2) is 8.37. The van der Waals surface area contributed by atoms with Crippen LogP contribution in [0.2, 0.25) is 5.02 Å². The van der Waals surface area contributed by atoms with Crippen molar-refractivity contribution in [1.82, 2.24) is 15.3 Å². The summed E-state index contributed by atoms with van der Waals surface area (Å²) < 4.78 is 0. The minimum atomic E-state index is 0.00560. The van der Waals surface area contributed by atoms with Crippen molar-refractivity contribution in [3.63, 3.8) is 0 Å². The number of aromatic nitrogens is 2. The van der Waals surface area contributed by atoms with E-state index in [1.807, 2.05) is 31.2 Å². The third-order valence-electron chi connectivity index (χ3n) is 4.07. The highest BCUT2D eigenvalue weighted by atomic mass is 35.5. The molecule has 4 nitrogen and oxygen atoms in total. The Morgan fingerprint density at radius 3 is 2.85 bits per heavy atom. The van der Waals surface area contributed by atoms with Gasteiger partial charge < -0.3 is 5.32 Å². The number of rotatable bonds is 6. The Hall–Kier alpha value is -1.63. The van der Waals surface area contributed by atoms with Crippen molar-refractivity contribution in [3.05, 3.63) is 51.1 Å². The summed E-state index contributed by atoms with van der Waals surface area (Å²) in [5.74, 6) is 1.09. The molecule has 0 aliphatic carbocycles. The number of amides is 1. The molecule has 7 heteroatoms. The first-order valence-electron chi connectivity index (χ1n) is 8.32. The van der Waals surface area contributed by atoms with Crippen LogP contribution in [0, 0.1) is 20.8 Å². The number of thiophene rings is 1. The molecule has 1 aromatic carbocycles. The molecular weight excluding hydrogens is 386 g/mol. The SMILES string of the molecule is Cc1nc(SCC(=O)NCCc2cccc(Cl)c2)c2c(C)c(C)sc2n1. The Bertz CT molecular complexity index is 955. The average Bonchev–Trinajstić information content (AvgIpc) is 2.87. The number of benzene rings is 1. The van der Waals surface area contributed by atoms with Crippen LogP contribution in [-0.4, -0.2) is 28.2 Å². The van der Waals surface area contributed by atoms with Crippen molar-refractivity contribution in [2.75, 3.05) is 12.3 Å². The molecule has 136 valence electrons. The number of nitrogens with one attached hydrogen (secondary N) is 1. The number of aryl methyl sites for hydroxylation is 3. The predicted molar refractivity (Wildman–Crippen MR) is 111 cm³/mol. The molecule has 1 amide bonds. The molecule has 0 radical (unpaired) electrons. The second-order valence-electron chi connectivity index (χ2n) is 6.06. The topological polar surface area (TPSA) is 54.9 Å². The Labute approximate surface area is 166 Å². The van der Waals surface area contributed by atoms with Gasteiger partial charge in [-0.15, -0.1) is 11.3 Å². The zero-order valence-electron chi connectivity index (χ0n) is 14.9. The molecule has 26 heavy (non-hydrogen) atoms. The van der Waals surface area contributed by atoms with Crippen molar-refractivity contribution >= 4 is 50.8 Å². The first kappa shape index (κ1) is 19.1. The van der Waals surface area contributed by atoms with Gasteiger partial charge in [0.05, 0.1) is 5.75 Å². The van der Waals surface area contributed by atoms with E-state index in [0.29, 0.717) is 17.3 Å². The van der Waals surface area contributed by atoms with E-state index < -0.39 is 0 Å². The molecule has 0 spiro atoms. The maximum atomic E-state index is 12.2. The van der Waals surface area contributed by atoms with Gasteiger partial charge in [-0.05, 0) is 50.5 Å². The molecule has 3 rings (SSSR count). The highest BCUT2D eigenvalue weighted by molar-refractivity contribution is 8.00. The van der Waals surface area contributed by atoms with Gasteiger partial charge in [0, 0.05) is 21.8 Å². The van der Waals surface area contributed by atoms with E-state index in [4.69, 9.17) is 11.6 Å². The largest absolute Gasteiger partial charge is 0.355 e. The molecule has 0 aliphatic rings. The fraction of sp³-hybridized carbons (Fsp3) is 0.316. The van der Waals surface area contributed by atoms with Crippen LogP contribution in [-0.2, 0) is 11.2 Å². The maximum absolute atomic E-state index is 12.2. The Morgan fingerprint density at radius 2 is 2.08 bits per heavy atom. The molecule has 0 saturated heterocycles. The van der Waals surface area contributed by atoms with Crippen LogP contribution in [0.1, 0.15) is 21.8 Å². The van der Waals surface area contributed by atoms with Gasteiger partial charge in [0.25, 0.3) is 0 Å². The minimum Gasteiger partial charge on any atom is -0.355 e. The first-order valence-corrected chi connectivity index (χ1v) is 10.5. The lowest BCUT2D eigenvalue weighted by molar-refractivity contribution is -0.118. The smallest absolute Gasteiger partial charge is 0.230 e. The Morgan fingerprint density at radius 1 is 1.27 bits per heavy atom. The monoisotopic (exact) mass is 405 g/mol. The summed E-state index contributed by atoms with van der Waals surface area (Å²) in [5.41, 5.74) is 2.32. The van der Waals surface area contributed by atoms with Gasteiger partial charge in [-0.2, -0.15) is 0 Å². The molecule has 2 aromatic heterocycles. The third-order valence-corrected chi connectivity index (χ3v) is 6.38. The number of halogens is 1. The number of nitrogens with zero attached hydrogens (tertiary/aromatic N) is 2. The number of carbonyl (C=O) groups is 1. The van der Waals surface area contributed by atoms with Crippen LogP contribution < -0.4 is 5.32 Å². The molecule has 0 fully saturated rings. The lowest BCUT2D eigenvalue weighted by Crippen LogP contribution is -2.27. The van der Waals surface area contributed by atoms with Crippen molar-refractivity contribution in [2.24, 2.45) is 0 Å². The zero-order valence-corrected chi connectivity index (χ0v) is 17.3. The van der Waals surface area contributed by atoms with E-state index in [9.17, 15) is 4.79 Å². The van der Waals surface area contributed by atoms with E-state index in [1.165, 1.54) is 22.2 Å². The van der Waals surface area contributed by atoms with E-state index in [2.05, 4.69) is 29.1 Å². The number of fused-ring (bicyclic) bond motifs is 1. The van der Waals surface area contributed by atoms with E-state index in [-0.39, 0.29) is 5.91 Å². The lowest BCUT2D eigenvalue weighted by Gasteiger charge is -2.07. The minimum absolute atomic E-state index is 0.00560. The average molecular weight is 406 g/mol. The molecule has 3 aromatic rings. The van der Waals surface area contributed by atoms with Gasteiger partial charge in [-0.3, -0.25) is 4.79 Å². The van der Waals surface area contributed by atoms with Crippen LogP contribution in [0.25, 0.3) is 10.2 Å². The van der Waals surface area contributed by atoms with Gasteiger partial charge in [0.1, 0.15) is 15.7 Å². The summed E-state index contributed by atoms with van der Waals surface area (Å²) in [7, 11) is 0. The molecule has 0 saturated carbocycles. The van der Waals surface area contributed by atoms with E-state index in [1.54, 1.807) is 11.3 Å². The van der Waals surface area contributed by atoms with Crippen molar-refractivity contribution in [3.8, 4) is 0 Å². The van der Waals surface area contributed by atoms with Crippen LogP contribution >= 0.6 is 34.7 Å². The first-order chi connectivity index (χ1) is 12.4. The fourth-order valence-corrected chi connectivity index (χ4v) is 4.96. The van der Waals surface area contributed by atoms with Gasteiger partial charge in [-0.1, -0.05) is 35.5 Å². The standard InChI is InChI=1S/C19H20ClN3OS2/c1-11-12(2)26-19-17(11)18(22-13(3)23-19)25-10-16(24)21-8-7-14-5-4-6-15(20)9-14/h4-6,9H,7-8,10H2,1-3H3,(H,21,24). The number of thioether (sulfide) groups is 1. The number of hydrogen-bond acceptors (Lipinski definition) is 5. The summed E-state index contributed by atoms with van der Waals surface area (Å²) in [6.45, 7) is 6.66. The summed E-state index contributed by atoms with van der Waals surface area (Å²) in [5, 5.41) is 5.64. The fourth-order valence-electron chi connectivity index (χ4n) is 2.64. The van der Waals surface area contributed by atoms with Crippen LogP contribution in [0.4, 0.5) is 0 Å². The molecule has 0 atom stereocenters. The Balaban J connectivity index is 1.58. The second-order valence-corrected chi connectivity index (χ2v) is 8.66. The van der Waals surface area contributed by atoms with Gasteiger partial charge in [0.2, 0.25) is 5.91 Å². The summed E-state index contributed by atoms with van der Waals surface area (Å²) in [6.07, 6.45) is 0.761. The van der Waals surface area contributed by atoms with Crippen molar-refractivity contribution in [1.29, 1.82) is 0 Å². The summed E-state index contributed by atoms with van der Waals surface area (Å²) in [4.78, 5) is 23.5. The molecule has 0 aliphatic heterocycles. The maximum Gasteiger partial charge on any atom is 0.230 e. The summed E-state index contributed by atoms with van der Waals surface area (Å²) >= 11 is 9.13. The highest BCUT2D eigenvalue weighted by Crippen LogP contribution is 2.34. The molecule has 0 bridgehead atoms. The third kappa shape index (κ3) is 4.55. The normalized spacial score (nSPS) is 11.1. The molecule has 2 heterocycles. The number of carbonyl (C=O) groups excluding carboxylic acids is 1. The van der Waals surface area contributed by atoms with Crippen molar-refractivity contribution in [2.45, 2.75) is 32.2 Å². The Kier molecular flexibility index (Phi) is 6.16. The van der Waals surface area contributed by atoms with E-state index in [0.717, 1.165) is 33.1 Å². The van der Waals surface area contributed by atoms with Crippen LogP contribution in [0.15, 0.2) is 29.3 Å². The van der Waals surface area contributed by atoms with Gasteiger partial charge >= 0.3 is 0 Å². The zero-order chi connectivity index (χ0) is 18.7. The van der Waals surface area contributed by atoms with Gasteiger partial charge in [-0.25, -0.2) is 9.97 Å². The van der Waals surface area contributed by atoms with Crippen LogP contribution in [0.3, 0.4) is 0 Å².